The van der Waals surface area contributed by atoms with Crippen LogP contribution in [0.15, 0.2) is 48.5 Å². The molecular weight excluding hydrogens is 300 g/mol. The van der Waals surface area contributed by atoms with Crippen molar-refractivity contribution in [2.75, 3.05) is 6.54 Å². The predicted octanol–water partition coefficient (Wildman–Crippen LogP) is 1.68. The number of nitrogens with zero attached hydrogens (tertiary/aromatic N) is 1. The van der Waals surface area contributed by atoms with Crippen LogP contribution < -0.4 is 5.46 Å². The van der Waals surface area contributed by atoms with Crippen molar-refractivity contribution in [1.29, 1.82) is 0 Å². The van der Waals surface area contributed by atoms with Crippen LogP contribution in [0, 0.1) is 0 Å². The molecule has 114 valence electrons. The first-order valence-corrected chi connectivity index (χ1v) is 7.39. The zero-order chi connectivity index (χ0) is 16.1. The van der Waals surface area contributed by atoms with Crippen molar-refractivity contribution in [3.63, 3.8) is 0 Å². The molecule has 0 aromatic heterocycles. The molecule has 2 N–H and O–H groups in total. The predicted molar refractivity (Wildman–Crippen MR) is 88.1 cm³/mol. The highest BCUT2D eigenvalue weighted by Gasteiger charge is 2.20. The summed E-state index contributed by atoms with van der Waals surface area (Å²) in [6.45, 7) is 2.95. The van der Waals surface area contributed by atoms with Crippen LogP contribution in [0.25, 0.3) is 0 Å². The van der Waals surface area contributed by atoms with Gasteiger partial charge in [-0.3, -0.25) is 4.79 Å². The third-order valence-electron chi connectivity index (χ3n) is 3.41. The standard InChI is InChI=1S/C16H17BClNO3/c1-2-19(11-12-6-4-3-5-7-12)16(20)13-8-9-15(18)14(10-13)17(21)22/h3-10,21-22H,2,11H2,1H3. The van der Waals surface area contributed by atoms with Gasteiger partial charge in [-0.2, -0.15) is 0 Å². The summed E-state index contributed by atoms with van der Waals surface area (Å²) in [5, 5.41) is 18.8. The molecule has 0 fully saturated rings. The SMILES string of the molecule is CCN(Cc1ccccc1)C(=O)c1ccc(Cl)c(B(O)O)c1. The number of carbonyl (C=O) groups excluding carboxylic acids is 1. The van der Waals surface area contributed by atoms with Crippen molar-refractivity contribution in [2.45, 2.75) is 13.5 Å². The van der Waals surface area contributed by atoms with Gasteiger partial charge in [-0.05, 0) is 30.7 Å². The molecule has 0 heterocycles. The zero-order valence-electron chi connectivity index (χ0n) is 12.2. The highest BCUT2D eigenvalue weighted by Crippen LogP contribution is 2.13. The van der Waals surface area contributed by atoms with Gasteiger partial charge in [0.25, 0.3) is 5.91 Å². The number of amides is 1. The average Bonchev–Trinajstić information content (AvgIpc) is 2.53. The highest BCUT2D eigenvalue weighted by atomic mass is 35.5. The lowest BCUT2D eigenvalue weighted by Crippen LogP contribution is -2.34. The van der Waals surface area contributed by atoms with Crippen molar-refractivity contribution in [1.82, 2.24) is 4.90 Å². The second-order valence-corrected chi connectivity index (χ2v) is 5.32. The Morgan fingerprint density at radius 3 is 2.45 bits per heavy atom. The van der Waals surface area contributed by atoms with Crippen LogP contribution in [0.2, 0.25) is 5.02 Å². The minimum Gasteiger partial charge on any atom is -0.423 e. The molecular formula is C16H17BClNO3. The Labute approximate surface area is 135 Å². The van der Waals surface area contributed by atoms with E-state index in [1.165, 1.54) is 12.1 Å². The molecule has 6 heteroatoms. The van der Waals surface area contributed by atoms with Crippen molar-refractivity contribution >= 4 is 30.1 Å². The molecule has 2 aromatic rings. The molecule has 0 spiro atoms. The van der Waals surface area contributed by atoms with Gasteiger partial charge in [0.15, 0.2) is 0 Å². The number of halogens is 1. The summed E-state index contributed by atoms with van der Waals surface area (Å²) >= 11 is 5.89. The van der Waals surface area contributed by atoms with E-state index in [1.54, 1.807) is 11.0 Å². The Bertz CT molecular complexity index is 649. The number of hydrogen-bond donors (Lipinski definition) is 2. The Balaban J connectivity index is 2.23. The summed E-state index contributed by atoms with van der Waals surface area (Å²) in [5.41, 5.74) is 1.54. The fourth-order valence-corrected chi connectivity index (χ4v) is 2.40. The quantitative estimate of drug-likeness (QED) is 0.825. The normalized spacial score (nSPS) is 10.4. The van der Waals surface area contributed by atoms with Crippen LogP contribution in [-0.4, -0.2) is 34.5 Å². The van der Waals surface area contributed by atoms with Crippen LogP contribution in [0.5, 0.6) is 0 Å². The average molecular weight is 318 g/mol. The molecule has 2 aromatic carbocycles. The lowest BCUT2D eigenvalue weighted by Gasteiger charge is -2.21. The fourth-order valence-electron chi connectivity index (χ4n) is 2.19. The maximum absolute atomic E-state index is 12.6. The number of benzene rings is 2. The third-order valence-corrected chi connectivity index (χ3v) is 3.75. The van der Waals surface area contributed by atoms with Gasteiger partial charge in [0.1, 0.15) is 0 Å². The molecule has 0 radical (unpaired) electrons. The summed E-state index contributed by atoms with van der Waals surface area (Å²) in [6, 6.07) is 14.2. The maximum atomic E-state index is 12.6. The van der Waals surface area contributed by atoms with Crippen molar-refractivity contribution < 1.29 is 14.8 Å². The molecule has 1 amide bonds. The Hall–Kier alpha value is -1.82. The molecule has 0 aliphatic heterocycles. The minimum atomic E-state index is -1.70. The second kappa shape index (κ2) is 7.45. The zero-order valence-corrected chi connectivity index (χ0v) is 13.0. The summed E-state index contributed by atoms with van der Waals surface area (Å²) in [7, 11) is -1.70. The summed E-state index contributed by atoms with van der Waals surface area (Å²) in [4.78, 5) is 14.3. The van der Waals surface area contributed by atoms with Crippen LogP contribution in [0.3, 0.4) is 0 Å². The number of rotatable bonds is 5. The van der Waals surface area contributed by atoms with Crippen molar-refractivity contribution in [3.05, 3.63) is 64.7 Å². The maximum Gasteiger partial charge on any atom is 0.489 e. The second-order valence-electron chi connectivity index (χ2n) is 4.91. The van der Waals surface area contributed by atoms with Crippen molar-refractivity contribution in [2.24, 2.45) is 0 Å². The van der Waals surface area contributed by atoms with E-state index in [4.69, 9.17) is 11.6 Å². The lowest BCUT2D eigenvalue weighted by atomic mass is 9.79. The molecule has 4 nitrogen and oxygen atoms in total. The Morgan fingerprint density at radius 2 is 1.86 bits per heavy atom. The van der Waals surface area contributed by atoms with E-state index in [0.29, 0.717) is 18.7 Å². The Kier molecular flexibility index (Phi) is 5.60. The van der Waals surface area contributed by atoms with Gasteiger partial charge >= 0.3 is 7.12 Å². The van der Waals surface area contributed by atoms with Gasteiger partial charge in [0.2, 0.25) is 0 Å². The first-order chi connectivity index (χ1) is 10.5. The van der Waals surface area contributed by atoms with E-state index in [1.807, 2.05) is 37.3 Å². The Morgan fingerprint density at radius 1 is 1.18 bits per heavy atom. The van der Waals surface area contributed by atoms with E-state index in [0.717, 1.165) is 5.56 Å². The van der Waals surface area contributed by atoms with E-state index >= 15 is 0 Å². The number of hydrogen-bond acceptors (Lipinski definition) is 3. The minimum absolute atomic E-state index is 0.128. The molecule has 0 aliphatic carbocycles. The molecule has 0 bridgehead atoms. The molecule has 0 unspecified atom stereocenters. The van der Waals surface area contributed by atoms with Crippen LogP contribution in [0.4, 0.5) is 0 Å². The van der Waals surface area contributed by atoms with Crippen LogP contribution in [-0.2, 0) is 6.54 Å². The molecule has 0 atom stereocenters. The fraction of sp³-hybridized carbons (Fsp3) is 0.188. The number of carbonyl (C=O) groups is 1. The van der Waals surface area contributed by atoms with E-state index in [-0.39, 0.29) is 16.4 Å². The molecule has 0 saturated carbocycles. The van der Waals surface area contributed by atoms with E-state index in [2.05, 4.69) is 0 Å². The first-order valence-electron chi connectivity index (χ1n) is 7.01. The van der Waals surface area contributed by atoms with Gasteiger partial charge in [-0.15, -0.1) is 0 Å². The molecule has 22 heavy (non-hydrogen) atoms. The van der Waals surface area contributed by atoms with Gasteiger partial charge in [-0.25, -0.2) is 0 Å². The smallest absolute Gasteiger partial charge is 0.423 e. The molecule has 0 aliphatic rings. The van der Waals surface area contributed by atoms with E-state index < -0.39 is 7.12 Å². The molecule has 0 saturated heterocycles. The topological polar surface area (TPSA) is 60.8 Å². The first kappa shape index (κ1) is 16.6. The monoisotopic (exact) mass is 317 g/mol. The van der Waals surface area contributed by atoms with Gasteiger partial charge < -0.3 is 14.9 Å². The summed E-state index contributed by atoms with van der Waals surface area (Å²) in [6.07, 6.45) is 0. The van der Waals surface area contributed by atoms with Crippen LogP contribution >= 0.6 is 11.6 Å². The van der Waals surface area contributed by atoms with Crippen molar-refractivity contribution in [3.8, 4) is 0 Å². The van der Waals surface area contributed by atoms with Gasteiger partial charge in [0, 0.05) is 29.1 Å². The summed E-state index contributed by atoms with van der Waals surface area (Å²) in [5.74, 6) is -0.176. The lowest BCUT2D eigenvalue weighted by molar-refractivity contribution is 0.0752. The summed E-state index contributed by atoms with van der Waals surface area (Å²) < 4.78 is 0. The van der Waals surface area contributed by atoms with Gasteiger partial charge in [0.05, 0.1) is 0 Å². The van der Waals surface area contributed by atoms with E-state index in [9.17, 15) is 14.8 Å². The largest absolute Gasteiger partial charge is 0.489 e. The highest BCUT2D eigenvalue weighted by molar-refractivity contribution is 6.62. The van der Waals surface area contributed by atoms with Crippen LogP contribution in [0.1, 0.15) is 22.8 Å². The van der Waals surface area contributed by atoms with Gasteiger partial charge in [-0.1, -0.05) is 41.9 Å². The molecule has 2 rings (SSSR count). The third kappa shape index (κ3) is 3.88.